The van der Waals surface area contributed by atoms with E-state index in [1.54, 1.807) is 7.05 Å². The fourth-order valence-corrected chi connectivity index (χ4v) is 3.23. The molecule has 0 spiro atoms. The minimum atomic E-state index is -0.722. The van der Waals surface area contributed by atoms with Crippen LogP contribution in [0.15, 0.2) is 18.3 Å². The maximum atomic E-state index is 14.0. The molecule has 5 nitrogen and oxygen atoms in total. The van der Waals surface area contributed by atoms with Crippen molar-refractivity contribution >= 4 is 5.69 Å². The number of halogens is 2. The van der Waals surface area contributed by atoms with E-state index in [2.05, 4.69) is 15.4 Å². The van der Waals surface area contributed by atoms with Crippen LogP contribution in [0.2, 0.25) is 0 Å². The van der Waals surface area contributed by atoms with E-state index in [0.29, 0.717) is 17.5 Å². The van der Waals surface area contributed by atoms with Crippen LogP contribution in [0.25, 0.3) is 11.4 Å². The highest BCUT2D eigenvalue weighted by molar-refractivity contribution is 5.71. The van der Waals surface area contributed by atoms with Gasteiger partial charge in [0.2, 0.25) is 5.95 Å². The molecule has 2 aromatic heterocycles. The van der Waals surface area contributed by atoms with Crippen molar-refractivity contribution in [3.8, 4) is 11.4 Å². The van der Waals surface area contributed by atoms with E-state index in [-0.39, 0.29) is 11.7 Å². The van der Waals surface area contributed by atoms with Crippen molar-refractivity contribution in [2.75, 3.05) is 19.0 Å². The van der Waals surface area contributed by atoms with Crippen molar-refractivity contribution in [3.05, 3.63) is 30.1 Å². The van der Waals surface area contributed by atoms with Gasteiger partial charge in [-0.3, -0.25) is 4.68 Å². The van der Waals surface area contributed by atoms with Crippen molar-refractivity contribution < 1.29 is 13.5 Å². The van der Waals surface area contributed by atoms with E-state index in [1.807, 2.05) is 17.8 Å². The number of pyridine rings is 1. The lowest BCUT2D eigenvalue weighted by Crippen LogP contribution is -2.24. The first-order valence-electron chi connectivity index (χ1n) is 8.33. The number of anilines is 1. The molecule has 3 rings (SSSR count). The molecule has 0 atom stereocenters. The molecular formula is C17H22F2N4O. The van der Waals surface area contributed by atoms with Crippen molar-refractivity contribution in [3.63, 3.8) is 0 Å². The van der Waals surface area contributed by atoms with E-state index >= 15 is 0 Å². The Morgan fingerprint density at radius 3 is 2.62 bits per heavy atom. The Hall–Kier alpha value is -2.02. The average Bonchev–Trinajstić information content (AvgIpc) is 3.02. The fourth-order valence-electron chi connectivity index (χ4n) is 3.23. The molecule has 0 aliphatic heterocycles. The van der Waals surface area contributed by atoms with Crippen LogP contribution in [0.3, 0.4) is 0 Å². The molecule has 0 aromatic carbocycles. The molecule has 0 unspecified atom stereocenters. The van der Waals surface area contributed by atoms with Crippen LogP contribution in [0.1, 0.15) is 38.6 Å². The normalized spacial score (nSPS) is 21.0. The van der Waals surface area contributed by atoms with Gasteiger partial charge in [-0.2, -0.15) is 9.49 Å². The number of nitrogens with one attached hydrogen (secondary N) is 1. The summed E-state index contributed by atoms with van der Waals surface area (Å²) in [6.45, 7) is 2.74. The minimum Gasteiger partial charge on any atom is -0.385 e. The lowest BCUT2D eigenvalue weighted by atomic mass is 9.93. The Labute approximate surface area is 140 Å². The monoisotopic (exact) mass is 336 g/mol. The quantitative estimate of drug-likeness (QED) is 0.844. The van der Waals surface area contributed by atoms with Crippen LogP contribution in [-0.4, -0.2) is 34.5 Å². The summed E-state index contributed by atoms with van der Waals surface area (Å²) in [7, 11) is 1.73. The SMILES string of the molecule is CCOC1CCC(n2cc(NC)c(-c3nc(F)ccc3F)n2)CC1. The van der Waals surface area contributed by atoms with Gasteiger partial charge in [-0.25, -0.2) is 9.37 Å². The molecule has 0 amide bonds. The number of hydrogen-bond donors (Lipinski definition) is 1. The number of nitrogens with zero attached hydrogens (tertiary/aromatic N) is 3. The third-order valence-corrected chi connectivity index (χ3v) is 4.46. The second-order valence-corrected chi connectivity index (χ2v) is 5.97. The highest BCUT2D eigenvalue weighted by Gasteiger charge is 2.25. The predicted molar refractivity (Wildman–Crippen MR) is 87.8 cm³/mol. The summed E-state index contributed by atoms with van der Waals surface area (Å²) in [5.41, 5.74) is 0.904. The molecule has 0 radical (unpaired) electrons. The van der Waals surface area contributed by atoms with Gasteiger partial charge in [-0.05, 0) is 44.7 Å². The van der Waals surface area contributed by atoms with Gasteiger partial charge in [0.05, 0.1) is 17.8 Å². The predicted octanol–water partition coefficient (Wildman–Crippen LogP) is 3.79. The molecule has 130 valence electrons. The highest BCUT2D eigenvalue weighted by atomic mass is 19.1. The largest absolute Gasteiger partial charge is 0.385 e. The molecule has 24 heavy (non-hydrogen) atoms. The van der Waals surface area contributed by atoms with Gasteiger partial charge >= 0.3 is 0 Å². The topological polar surface area (TPSA) is 52.0 Å². The van der Waals surface area contributed by atoms with Crippen LogP contribution >= 0.6 is 0 Å². The van der Waals surface area contributed by atoms with E-state index in [4.69, 9.17) is 4.74 Å². The van der Waals surface area contributed by atoms with Crippen LogP contribution in [0.4, 0.5) is 14.5 Å². The molecular weight excluding hydrogens is 314 g/mol. The van der Waals surface area contributed by atoms with Crippen molar-refractivity contribution in [2.24, 2.45) is 0 Å². The number of hydrogen-bond acceptors (Lipinski definition) is 4. The van der Waals surface area contributed by atoms with Crippen molar-refractivity contribution in [1.82, 2.24) is 14.8 Å². The molecule has 1 N–H and O–H groups in total. The van der Waals surface area contributed by atoms with Gasteiger partial charge in [-0.1, -0.05) is 0 Å². The molecule has 2 heterocycles. The smallest absolute Gasteiger partial charge is 0.213 e. The first kappa shape index (κ1) is 16.8. The van der Waals surface area contributed by atoms with Crippen LogP contribution < -0.4 is 5.32 Å². The summed E-state index contributed by atoms with van der Waals surface area (Å²) in [6.07, 6.45) is 6.02. The summed E-state index contributed by atoms with van der Waals surface area (Å²) in [4.78, 5) is 3.67. The molecule has 1 aliphatic carbocycles. The molecule has 1 fully saturated rings. The van der Waals surface area contributed by atoms with Gasteiger partial charge < -0.3 is 10.1 Å². The van der Waals surface area contributed by atoms with E-state index in [9.17, 15) is 8.78 Å². The molecule has 1 saturated carbocycles. The Morgan fingerprint density at radius 2 is 1.96 bits per heavy atom. The lowest BCUT2D eigenvalue weighted by Gasteiger charge is -2.28. The molecule has 0 bridgehead atoms. The highest BCUT2D eigenvalue weighted by Crippen LogP contribution is 2.33. The van der Waals surface area contributed by atoms with Gasteiger partial charge in [0.1, 0.15) is 11.4 Å². The van der Waals surface area contributed by atoms with Crippen LogP contribution in [0.5, 0.6) is 0 Å². The van der Waals surface area contributed by atoms with Crippen molar-refractivity contribution in [1.29, 1.82) is 0 Å². The molecule has 1 aliphatic rings. The first-order valence-corrected chi connectivity index (χ1v) is 8.33. The van der Waals surface area contributed by atoms with E-state index in [0.717, 1.165) is 44.4 Å². The number of aromatic nitrogens is 3. The number of ether oxygens (including phenoxy) is 1. The zero-order valence-corrected chi connectivity index (χ0v) is 13.9. The van der Waals surface area contributed by atoms with Crippen molar-refractivity contribution in [2.45, 2.75) is 44.8 Å². The standard InChI is InChI=1S/C17H22F2N4O/c1-3-24-12-6-4-11(5-7-12)23-10-14(20-2)17(22-23)16-13(18)8-9-15(19)21-16/h8-12,20H,3-7H2,1-2H3. The van der Waals surface area contributed by atoms with E-state index < -0.39 is 11.8 Å². The Morgan fingerprint density at radius 1 is 1.21 bits per heavy atom. The Bertz CT molecular complexity index is 696. The van der Waals surface area contributed by atoms with Gasteiger partial charge in [0, 0.05) is 19.9 Å². The zero-order valence-electron chi connectivity index (χ0n) is 13.9. The Kier molecular flexibility index (Phi) is 5.08. The van der Waals surface area contributed by atoms with E-state index in [1.165, 1.54) is 0 Å². The van der Waals surface area contributed by atoms with Gasteiger partial charge in [0.15, 0.2) is 5.82 Å². The maximum Gasteiger partial charge on any atom is 0.213 e. The summed E-state index contributed by atoms with van der Waals surface area (Å²) in [5.74, 6) is -1.31. The summed E-state index contributed by atoms with van der Waals surface area (Å²) >= 11 is 0. The van der Waals surface area contributed by atoms with Gasteiger partial charge in [0.25, 0.3) is 0 Å². The van der Waals surface area contributed by atoms with Crippen LogP contribution in [-0.2, 0) is 4.74 Å². The van der Waals surface area contributed by atoms with Crippen LogP contribution in [0, 0.1) is 11.8 Å². The second-order valence-electron chi connectivity index (χ2n) is 5.97. The third-order valence-electron chi connectivity index (χ3n) is 4.46. The summed E-state index contributed by atoms with van der Waals surface area (Å²) < 4.78 is 34.9. The van der Waals surface area contributed by atoms with Gasteiger partial charge in [-0.15, -0.1) is 0 Å². The Balaban J connectivity index is 1.85. The average molecular weight is 336 g/mol. The zero-order chi connectivity index (χ0) is 17.1. The third kappa shape index (κ3) is 3.40. The first-order chi connectivity index (χ1) is 11.6. The fraction of sp³-hybridized carbons (Fsp3) is 0.529. The summed E-state index contributed by atoms with van der Waals surface area (Å²) in [6, 6.07) is 2.31. The molecule has 7 heteroatoms. The maximum absolute atomic E-state index is 14.0. The second kappa shape index (κ2) is 7.25. The minimum absolute atomic E-state index is 0.0684. The number of rotatable bonds is 5. The lowest BCUT2D eigenvalue weighted by molar-refractivity contribution is 0.0260. The summed E-state index contributed by atoms with van der Waals surface area (Å²) in [5, 5.41) is 7.48. The molecule has 0 saturated heterocycles. The molecule has 2 aromatic rings.